The molecule has 0 aromatic carbocycles. The van der Waals surface area contributed by atoms with Crippen molar-refractivity contribution in [1.29, 1.82) is 0 Å². The summed E-state index contributed by atoms with van der Waals surface area (Å²) in [5.74, 6) is 1.73. The van der Waals surface area contributed by atoms with Gasteiger partial charge in [0, 0.05) is 32.5 Å². The Morgan fingerprint density at radius 3 is 3.17 bits per heavy atom. The molecule has 0 aliphatic carbocycles. The van der Waals surface area contributed by atoms with Crippen LogP contribution in [0.4, 0.5) is 0 Å². The SMILES string of the molecule is Cc1nc([C@H]2CCCN(CCn3cnc4ccsc4c3=O)C2)no1. The van der Waals surface area contributed by atoms with Gasteiger partial charge in [-0.05, 0) is 30.8 Å². The van der Waals surface area contributed by atoms with E-state index in [-0.39, 0.29) is 5.56 Å². The summed E-state index contributed by atoms with van der Waals surface area (Å²) < 4.78 is 7.54. The molecule has 3 aromatic heterocycles. The lowest BCUT2D eigenvalue weighted by atomic mass is 9.97. The van der Waals surface area contributed by atoms with E-state index in [1.807, 2.05) is 18.4 Å². The molecule has 1 aliphatic heterocycles. The largest absolute Gasteiger partial charge is 0.340 e. The average molecular weight is 345 g/mol. The summed E-state index contributed by atoms with van der Waals surface area (Å²) in [4.78, 5) is 23.5. The second-order valence-electron chi connectivity index (χ2n) is 6.19. The highest BCUT2D eigenvalue weighted by Crippen LogP contribution is 2.24. The fraction of sp³-hybridized carbons (Fsp3) is 0.500. The van der Waals surface area contributed by atoms with E-state index in [0.717, 1.165) is 48.5 Å². The Hall–Kier alpha value is -2.06. The van der Waals surface area contributed by atoms with Crippen LogP contribution in [0, 0.1) is 6.92 Å². The van der Waals surface area contributed by atoms with Gasteiger partial charge in [-0.3, -0.25) is 9.36 Å². The van der Waals surface area contributed by atoms with Crippen LogP contribution in [0.2, 0.25) is 0 Å². The van der Waals surface area contributed by atoms with E-state index in [2.05, 4.69) is 20.0 Å². The van der Waals surface area contributed by atoms with Gasteiger partial charge >= 0.3 is 0 Å². The minimum absolute atomic E-state index is 0.0531. The summed E-state index contributed by atoms with van der Waals surface area (Å²) in [5, 5.41) is 5.97. The van der Waals surface area contributed by atoms with Crippen LogP contribution in [0.5, 0.6) is 0 Å². The number of rotatable bonds is 4. The molecule has 0 bridgehead atoms. The molecule has 1 fully saturated rings. The second kappa shape index (κ2) is 6.45. The second-order valence-corrected chi connectivity index (χ2v) is 7.11. The Morgan fingerprint density at radius 1 is 1.42 bits per heavy atom. The maximum absolute atomic E-state index is 12.4. The molecule has 8 heteroatoms. The summed E-state index contributed by atoms with van der Waals surface area (Å²) in [6.45, 7) is 5.24. The third kappa shape index (κ3) is 2.99. The molecule has 1 aliphatic rings. The minimum atomic E-state index is 0.0531. The Balaban J connectivity index is 1.43. The summed E-state index contributed by atoms with van der Waals surface area (Å²) >= 11 is 1.45. The van der Waals surface area contributed by atoms with Crippen LogP contribution in [0.25, 0.3) is 10.2 Å². The first kappa shape index (κ1) is 15.5. The summed E-state index contributed by atoms with van der Waals surface area (Å²) in [5.41, 5.74) is 0.837. The molecule has 0 N–H and O–H groups in total. The monoisotopic (exact) mass is 345 g/mol. The Morgan fingerprint density at radius 2 is 2.33 bits per heavy atom. The molecule has 7 nitrogen and oxygen atoms in total. The van der Waals surface area contributed by atoms with Crippen molar-refractivity contribution in [2.45, 2.75) is 32.2 Å². The molecular formula is C16H19N5O2S. The van der Waals surface area contributed by atoms with Gasteiger partial charge in [-0.15, -0.1) is 11.3 Å². The zero-order valence-corrected chi connectivity index (χ0v) is 14.3. The van der Waals surface area contributed by atoms with E-state index in [4.69, 9.17) is 4.52 Å². The smallest absolute Gasteiger partial charge is 0.271 e. The van der Waals surface area contributed by atoms with Crippen LogP contribution in [0.15, 0.2) is 27.1 Å². The van der Waals surface area contributed by atoms with Crippen molar-refractivity contribution in [3.8, 4) is 0 Å². The van der Waals surface area contributed by atoms with Crippen LogP contribution in [0.3, 0.4) is 0 Å². The maximum Gasteiger partial charge on any atom is 0.271 e. The van der Waals surface area contributed by atoms with Gasteiger partial charge in [-0.1, -0.05) is 5.16 Å². The molecule has 0 spiro atoms. The quantitative estimate of drug-likeness (QED) is 0.720. The van der Waals surface area contributed by atoms with Gasteiger partial charge in [0.05, 0.1) is 11.8 Å². The lowest BCUT2D eigenvalue weighted by Crippen LogP contribution is -2.38. The van der Waals surface area contributed by atoms with Crippen molar-refractivity contribution in [2.24, 2.45) is 0 Å². The molecular weight excluding hydrogens is 326 g/mol. The normalized spacial score (nSPS) is 19.1. The zero-order chi connectivity index (χ0) is 16.5. The van der Waals surface area contributed by atoms with Gasteiger partial charge < -0.3 is 9.42 Å². The van der Waals surface area contributed by atoms with Gasteiger partial charge in [0.2, 0.25) is 5.89 Å². The van der Waals surface area contributed by atoms with Crippen LogP contribution in [0.1, 0.15) is 30.5 Å². The zero-order valence-electron chi connectivity index (χ0n) is 13.5. The number of aryl methyl sites for hydroxylation is 1. The number of nitrogens with zero attached hydrogens (tertiary/aromatic N) is 5. The van der Waals surface area contributed by atoms with E-state index < -0.39 is 0 Å². The van der Waals surface area contributed by atoms with Crippen molar-refractivity contribution < 1.29 is 4.52 Å². The van der Waals surface area contributed by atoms with Crippen molar-refractivity contribution in [1.82, 2.24) is 24.6 Å². The Bertz CT molecular complexity index is 899. The first-order valence-corrected chi connectivity index (χ1v) is 9.04. The number of fused-ring (bicyclic) bond motifs is 1. The molecule has 4 heterocycles. The van der Waals surface area contributed by atoms with Crippen LogP contribution >= 0.6 is 11.3 Å². The number of hydrogen-bond acceptors (Lipinski definition) is 7. The van der Waals surface area contributed by atoms with Gasteiger partial charge in [0.25, 0.3) is 5.56 Å². The van der Waals surface area contributed by atoms with E-state index >= 15 is 0 Å². The summed E-state index contributed by atoms with van der Waals surface area (Å²) in [7, 11) is 0. The molecule has 0 radical (unpaired) electrons. The van der Waals surface area contributed by atoms with Crippen LogP contribution in [-0.4, -0.2) is 44.2 Å². The number of aromatic nitrogens is 4. The molecule has 4 rings (SSSR count). The predicted octanol–water partition coefficient (Wildman–Crippen LogP) is 2.03. The third-order valence-electron chi connectivity index (χ3n) is 4.51. The highest BCUT2D eigenvalue weighted by molar-refractivity contribution is 7.17. The fourth-order valence-corrected chi connectivity index (χ4v) is 4.03. The highest BCUT2D eigenvalue weighted by Gasteiger charge is 2.24. The van der Waals surface area contributed by atoms with Crippen molar-refractivity contribution in [3.05, 3.63) is 39.8 Å². The standard InChI is InChI=1S/C16H19N5O2S/c1-11-18-15(19-23-11)12-3-2-5-20(9-12)6-7-21-10-17-13-4-8-24-14(13)16(21)22/h4,8,10,12H,2-3,5-7,9H2,1H3/t12-/m0/s1. The van der Waals surface area contributed by atoms with Gasteiger partial charge in [-0.25, -0.2) is 4.98 Å². The molecule has 24 heavy (non-hydrogen) atoms. The predicted molar refractivity (Wildman–Crippen MR) is 91.3 cm³/mol. The molecule has 126 valence electrons. The van der Waals surface area contributed by atoms with Crippen LogP contribution in [-0.2, 0) is 6.54 Å². The van der Waals surface area contributed by atoms with E-state index in [1.165, 1.54) is 11.3 Å². The number of thiophene rings is 1. The van der Waals surface area contributed by atoms with Gasteiger partial charge in [0.1, 0.15) is 4.70 Å². The first-order chi connectivity index (χ1) is 11.7. The molecule has 0 unspecified atom stereocenters. The number of hydrogen-bond donors (Lipinski definition) is 0. The fourth-order valence-electron chi connectivity index (χ4n) is 3.24. The number of piperidine rings is 1. The molecule has 3 aromatic rings. The lowest BCUT2D eigenvalue weighted by Gasteiger charge is -2.31. The average Bonchev–Trinajstić information content (AvgIpc) is 3.24. The van der Waals surface area contributed by atoms with Crippen molar-refractivity contribution in [3.63, 3.8) is 0 Å². The molecule has 1 saturated heterocycles. The van der Waals surface area contributed by atoms with Gasteiger partial charge in [-0.2, -0.15) is 4.98 Å². The third-order valence-corrected chi connectivity index (χ3v) is 5.40. The van der Waals surface area contributed by atoms with Crippen molar-refractivity contribution in [2.75, 3.05) is 19.6 Å². The maximum atomic E-state index is 12.4. The van der Waals surface area contributed by atoms with Crippen molar-refractivity contribution >= 4 is 21.6 Å². The van der Waals surface area contributed by atoms with E-state index in [0.29, 0.717) is 18.4 Å². The minimum Gasteiger partial charge on any atom is -0.340 e. The Labute approximate surface area is 142 Å². The first-order valence-electron chi connectivity index (χ1n) is 8.16. The molecule has 1 atom stereocenters. The van der Waals surface area contributed by atoms with Crippen LogP contribution < -0.4 is 5.56 Å². The molecule has 0 saturated carbocycles. The summed E-state index contributed by atoms with van der Waals surface area (Å²) in [6, 6.07) is 1.88. The number of likely N-dealkylation sites (tertiary alicyclic amines) is 1. The van der Waals surface area contributed by atoms with E-state index in [1.54, 1.807) is 10.9 Å². The highest BCUT2D eigenvalue weighted by atomic mass is 32.1. The molecule has 0 amide bonds. The van der Waals surface area contributed by atoms with Gasteiger partial charge in [0.15, 0.2) is 5.82 Å². The summed E-state index contributed by atoms with van der Waals surface area (Å²) in [6.07, 6.45) is 3.84. The Kier molecular flexibility index (Phi) is 4.15. The topological polar surface area (TPSA) is 77.1 Å². The lowest BCUT2D eigenvalue weighted by molar-refractivity contribution is 0.195. The van der Waals surface area contributed by atoms with E-state index in [9.17, 15) is 4.79 Å².